The summed E-state index contributed by atoms with van der Waals surface area (Å²) in [5, 5.41) is 0. The highest BCUT2D eigenvalue weighted by Gasteiger charge is 2.38. The van der Waals surface area contributed by atoms with Crippen molar-refractivity contribution in [2.75, 3.05) is 32.7 Å². The van der Waals surface area contributed by atoms with Crippen molar-refractivity contribution >= 4 is 5.91 Å². The van der Waals surface area contributed by atoms with Gasteiger partial charge in [0.15, 0.2) is 0 Å². The van der Waals surface area contributed by atoms with Crippen LogP contribution in [0.2, 0.25) is 0 Å². The molecule has 0 aromatic rings. The zero-order valence-electron chi connectivity index (χ0n) is 12.4. The molecule has 2 N–H and O–H groups in total. The van der Waals surface area contributed by atoms with Gasteiger partial charge in [0.25, 0.3) is 0 Å². The highest BCUT2D eigenvalue weighted by atomic mass is 19.4. The maximum absolute atomic E-state index is 12.6. The van der Waals surface area contributed by atoms with Crippen molar-refractivity contribution in [3.05, 3.63) is 0 Å². The normalized spacial score (nSPS) is 32.2. The van der Waals surface area contributed by atoms with Crippen LogP contribution in [-0.4, -0.2) is 60.6 Å². The summed E-state index contributed by atoms with van der Waals surface area (Å²) < 4.78 is 37.1. The highest BCUT2D eigenvalue weighted by molar-refractivity contribution is 5.80. The molecule has 2 rings (SSSR count). The lowest BCUT2D eigenvalue weighted by Crippen LogP contribution is -2.55. The zero-order valence-corrected chi connectivity index (χ0v) is 12.4. The number of hydrogen-bond acceptors (Lipinski definition) is 3. The van der Waals surface area contributed by atoms with Gasteiger partial charge in [-0.3, -0.25) is 9.69 Å². The molecular weight excluding hydrogens is 283 g/mol. The van der Waals surface area contributed by atoms with Crippen LogP contribution in [0.3, 0.4) is 0 Å². The number of nitrogens with two attached hydrogens (primary N) is 1. The summed E-state index contributed by atoms with van der Waals surface area (Å²) in [5.74, 6) is 0.115. The second-order valence-corrected chi connectivity index (χ2v) is 6.31. The highest BCUT2D eigenvalue weighted by Crippen LogP contribution is 2.30. The van der Waals surface area contributed by atoms with Crippen molar-refractivity contribution in [2.45, 2.75) is 38.4 Å². The summed E-state index contributed by atoms with van der Waals surface area (Å²) in [6.07, 6.45) is -1.27. The van der Waals surface area contributed by atoms with E-state index in [2.05, 4.69) is 0 Å². The van der Waals surface area contributed by atoms with Gasteiger partial charge in [0.1, 0.15) is 0 Å². The van der Waals surface area contributed by atoms with E-state index in [9.17, 15) is 18.0 Å². The second-order valence-electron chi connectivity index (χ2n) is 6.31. The van der Waals surface area contributed by atoms with E-state index in [1.165, 1.54) is 4.90 Å². The van der Waals surface area contributed by atoms with E-state index in [1.54, 1.807) is 4.90 Å². The monoisotopic (exact) mass is 307 g/mol. The minimum Gasteiger partial charge on any atom is -0.340 e. The fraction of sp³-hybridized carbons (Fsp3) is 0.929. The van der Waals surface area contributed by atoms with Crippen LogP contribution >= 0.6 is 0 Å². The number of carbonyl (C=O) groups is 1. The standard InChI is InChI=1S/C14H24F3N3O/c1-10-3-2-4-11(18)12(10)13(21)20-7-5-19(6-8-20)9-14(15,16)17/h10-12H,2-9,18H2,1H3. The lowest BCUT2D eigenvalue weighted by molar-refractivity contribution is -0.153. The smallest absolute Gasteiger partial charge is 0.340 e. The van der Waals surface area contributed by atoms with E-state index in [0.29, 0.717) is 13.1 Å². The van der Waals surface area contributed by atoms with Gasteiger partial charge in [-0.25, -0.2) is 0 Å². The molecule has 21 heavy (non-hydrogen) atoms. The Balaban J connectivity index is 1.88. The summed E-state index contributed by atoms with van der Waals surface area (Å²) in [7, 11) is 0. The molecule has 0 aromatic heterocycles. The number of alkyl halides is 3. The molecule has 1 amide bonds. The van der Waals surface area contributed by atoms with Crippen LogP contribution in [0.15, 0.2) is 0 Å². The van der Waals surface area contributed by atoms with Crippen LogP contribution in [0, 0.1) is 11.8 Å². The predicted molar refractivity (Wildman–Crippen MR) is 73.6 cm³/mol. The Bertz CT molecular complexity index is 357. The van der Waals surface area contributed by atoms with Crippen LogP contribution in [0.1, 0.15) is 26.2 Å². The van der Waals surface area contributed by atoms with E-state index in [0.717, 1.165) is 19.3 Å². The lowest BCUT2D eigenvalue weighted by Gasteiger charge is -2.40. The van der Waals surface area contributed by atoms with Crippen LogP contribution in [0.5, 0.6) is 0 Å². The minimum atomic E-state index is -4.17. The third-order valence-corrected chi connectivity index (χ3v) is 4.64. The number of piperazine rings is 1. The number of rotatable bonds is 2. The summed E-state index contributed by atoms with van der Waals surface area (Å²) in [6.45, 7) is 2.44. The molecule has 122 valence electrons. The molecule has 1 saturated heterocycles. The first kappa shape index (κ1) is 16.5. The van der Waals surface area contributed by atoms with Crippen LogP contribution in [0.4, 0.5) is 13.2 Å². The molecule has 0 radical (unpaired) electrons. The first-order chi connectivity index (χ1) is 9.78. The molecule has 1 aliphatic heterocycles. The van der Waals surface area contributed by atoms with Gasteiger partial charge in [0, 0.05) is 32.2 Å². The van der Waals surface area contributed by atoms with Gasteiger partial charge in [-0.2, -0.15) is 13.2 Å². The maximum Gasteiger partial charge on any atom is 0.401 e. The molecule has 0 bridgehead atoms. The van der Waals surface area contributed by atoms with Gasteiger partial charge in [-0.05, 0) is 18.8 Å². The molecule has 7 heteroatoms. The van der Waals surface area contributed by atoms with Gasteiger partial charge in [-0.15, -0.1) is 0 Å². The molecule has 1 heterocycles. The van der Waals surface area contributed by atoms with Crippen molar-refractivity contribution in [1.29, 1.82) is 0 Å². The van der Waals surface area contributed by atoms with E-state index in [-0.39, 0.29) is 36.9 Å². The number of hydrogen-bond donors (Lipinski definition) is 1. The largest absolute Gasteiger partial charge is 0.401 e. The quantitative estimate of drug-likeness (QED) is 0.840. The molecule has 0 spiro atoms. The number of halogens is 3. The molecule has 4 nitrogen and oxygen atoms in total. The molecule has 1 saturated carbocycles. The fourth-order valence-electron chi connectivity index (χ4n) is 3.47. The molecule has 2 aliphatic rings. The van der Waals surface area contributed by atoms with Gasteiger partial charge in [0.2, 0.25) is 5.91 Å². The Morgan fingerprint density at radius 1 is 1.19 bits per heavy atom. The Morgan fingerprint density at radius 2 is 1.81 bits per heavy atom. The van der Waals surface area contributed by atoms with Gasteiger partial charge >= 0.3 is 6.18 Å². The number of carbonyl (C=O) groups excluding carboxylic acids is 1. The summed E-state index contributed by atoms with van der Waals surface area (Å²) in [5.41, 5.74) is 6.08. The maximum atomic E-state index is 12.6. The van der Waals surface area contributed by atoms with E-state index in [1.807, 2.05) is 6.92 Å². The van der Waals surface area contributed by atoms with Gasteiger partial charge < -0.3 is 10.6 Å². The van der Waals surface area contributed by atoms with Crippen molar-refractivity contribution in [3.8, 4) is 0 Å². The fourth-order valence-corrected chi connectivity index (χ4v) is 3.47. The number of amides is 1. The summed E-state index contributed by atoms with van der Waals surface area (Å²) in [6, 6.07) is -0.116. The van der Waals surface area contributed by atoms with Crippen LogP contribution in [-0.2, 0) is 4.79 Å². The van der Waals surface area contributed by atoms with Crippen molar-refractivity contribution in [3.63, 3.8) is 0 Å². The van der Waals surface area contributed by atoms with Gasteiger partial charge in [-0.1, -0.05) is 13.3 Å². The molecular formula is C14H24F3N3O. The topological polar surface area (TPSA) is 49.6 Å². The lowest BCUT2D eigenvalue weighted by atomic mass is 9.76. The molecule has 3 atom stereocenters. The molecule has 3 unspecified atom stereocenters. The average Bonchev–Trinajstić information content (AvgIpc) is 2.37. The first-order valence-electron chi connectivity index (χ1n) is 7.61. The second kappa shape index (κ2) is 6.52. The Labute approximate surface area is 123 Å². The first-order valence-corrected chi connectivity index (χ1v) is 7.61. The molecule has 1 aliphatic carbocycles. The summed E-state index contributed by atoms with van der Waals surface area (Å²) >= 11 is 0. The SMILES string of the molecule is CC1CCCC(N)C1C(=O)N1CCN(CC(F)(F)F)CC1. The Kier molecular flexibility index (Phi) is 5.14. The van der Waals surface area contributed by atoms with Crippen LogP contribution < -0.4 is 5.73 Å². The van der Waals surface area contributed by atoms with Crippen LogP contribution in [0.25, 0.3) is 0 Å². The summed E-state index contributed by atoms with van der Waals surface area (Å²) in [4.78, 5) is 15.6. The predicted octanol–water partition coefficient (Wildman–Crippen LogP) is 1.46. The Morgan fingerprint density at radius 3 is 2.33 bits per heavy atom. The van der Waals surface area contributed by atoms with Crippen molar-refractivity contribution in [2.24, 2.45) is 17.6 Å². The third kappa shape index (κ3) is 4.32. The van der Waals surface area contributed by atoms with Gasteiger partial charge in [0.05, 0.1) is 12.5 Å². The minimum absolute atomic E-state index is 0.0290. The van der Waals surface area contributed by atoms with E-state index >= 15 is 0 Å². The average molecular weight is 307 g/mol. The third-order valence-electron chi connectivity index (χ3n) is 4.64. The van der Waals surface area contributed by atoms with E-state index < -0.39 is 12.7 Å². The number of nitrogens with zero attached hydrogens (tertiary/aromatic N) is 2. The Hall–Kier alpha value is -0.820. The zero-order chi connectivity index (χ0) is 15.6. The van der Waals surface area contributed by atoms with Crippen molar-refractivity contribution in [1.82, 2.24) is 9.80 Å². The molecule has 2 fully saturated rings. The van der Waals surface area contributed by atoms with Crippen molar-refractivity contribution < 1.29 is 18.0 Å². The van der Waals surface area contributed by atoms with E-state index in [4.69, 9.17) is 5.73 Å². The molecule has 0 aromatic carbocycles.